The Morgan fingerprint density at radius 3 is 2.93 bits per heavy atom. The number of hydrogen-bond acceptors (Lipinski definition) is 5. The Balaban J connectivity index is 3.18. The molecule has 0 aromatic carbocycles. The van der Waals surface area contributed by atoms with Gasteiger partial charge in [0.25, 0.3) is 0 Å². The average molecular weight is 211 g/mol. The lowest BCUT2D eigenvalue weighted by Gasteiger charge is -1.83. The quantitative estimate of drug-likeness (QED) is 0.340. The summed E-state index contributed by atoms with van der Waals surface area (Å²) in [5.74, 6) is 4.70. The predicted molar refractivity (Wildman–Crippen MR) is 50.3 cm³/mol. The zero-order valence-corrected chi connectivity index (χ0v) is 7.71. The van der Waals surface area contributed by atoms with Crippen molar-refractivity contribution in [1.82, 2.24) is 0 Å². The number of nitro groups is 1. The molecule has 1 N–H and O–H groups in total. The van der Waals surface area contributed by atoms with Crippen molar-refractivity contribution in [3.8, 4) is 11.8 Å². The molecular weight excluding hydrogens is 206 g/mol. The molecule has 0 amide bonds. The van der Waals surface area contributed by atoms with E-state index in [1.165, 1.54) is 6.07 Å². The lowest BCUT2D eigenvalue weighted by Crippen LogP contribution is -1.86. The molecule has 0 atom stereocenters. The first kappa shape index (κ1) is 10.4. The van der Waals surface area contributed by atoms with Crippen LogP contribution in [0.4, 0.5) is 5.00 Å². The number of hydrogen-bond donors (Lipinski definition) is 1. The van der Waals surface area contributed by atoms with E-state index in [9.17, 15) is 14.9 Å². The summed E-state index contributed by atoms with van der Waals surface area (Å²) < 4.78 is 0. The third kappa shape index (κ3) is 2.16. The summed E-state index contributed by atoms with van der Waals surface area (Å²) in [5, 5.41) is 18.7. The normalized spacial score (nSPS) is 8.93. The summed E-state index contributed by atoms with van der Waals surface area (Å²) in [5.41, 5.74) is 0.163. The van der Waals surface area contributed by atoms with Crippen molar-refractivity contribution >= 4 is 22.6 Å². The molecule has 0 saturated heterocycles. The highest BCUT2D eigenvalue weighted by atomic mass is 32.1. The predicted octanol–water partition coefficient (Wildman–Crippen LogP) is 0.813. The molecule has 0 fully saturated rings. The van der Waals surface area contributed by atoms with Crippen LogP contribution in [-0.4, -0.2) is 22.9 Å². The molecule has 0 aliphatic heterocycles. The van der Waals surface area contributed by atoms with E-state index in [1.807, 2.05) is 0 Å². The van der Waals surface area contributed by atoms with E-state index in [0.717, 1.165) is 11.3 Å². The van der Waals surface area contributed by atoms with Crippen LogP contribution in [0.15, 0.2) is 6.07 Å². The van der Waals surface area contributed by atoms with Crippen LogP contribution in [0, 0.1) is 22.0 Å². The Morgan fingerprint density at radius 1 is 1.71 bits per heavy atom. The van der Waals surface area contributed by atoms with E-state index in [-0.39, 0.29) is 22.0 Å². The number of carbonyl (C=O) groups excluding carboxylic acids is 1. The largest absolute Gasteiger partial charge is 0.384 e. The van der Waals surface area contributed by atoms with Crippen molar-refractivity contribution in [2.75, 3.05) is 6.61 Å². The molecule has 14 heavy (non-hydrogen) atoms. The molecule has 0 radical (unpaired) electrons. The fourth-order valence-electron chi connectivity index (χ4n) is 0.818. The number of aldehydes is 1. The summed E-state index contributed by atoms with van der Waals surface area (Å²) in [6.45, 7) is -0.372. The van der Waals surface area contributed by atoms with Crippen molar-refractivity contribution in [2.24, 2.45) is 0 Å². The second-order valence-corrected chi connectivity index (χ2v) is 3.26. The zero-order valence-electron chi connectivity index (χ0n) is 6.89. The number of carbonyl (C=O) groups is 1. The maximum atomic E-state index is 10.5. The van der Waals surface area contributed by atoms with E-state index in [2.05, 4.69) is 11.8 Å². The number of thiophene rings is 1. The third-order valence-corrected chi connectivity index (χ3v) is 2.33. The van der Waals surface area contributed by atoms with Gasteiger partial charge in [0.15, 0.2) is 6.29 Å². The van der Waals surface area contributed by atoms with Gasteiger partial charge in [0.1, 0.15) is 12.2 Å². The molecule has 6 heteroatoms. The van der Waals surface area contributed by atoms with Gasteiger partial charge in [-0.25, -0.2) is 0 Å². The molecule has 0 saturated carbocycles. The summed E-state index contributed by atoms with van der Waals surface area (Å²) in [6, 6.07) is 1.33. The Hall–Kier alpha value is -1.71. The van der Waals surface area contributed by atoms with Crippen LogP contribution >= 0.6 is 11.3 Å². The Kier molecular flexibility index (Phi) is 3.34. The van der Waals surface area contributed by atoms with Crippen molar-refractivity contribution < 1.29 is 14.8 Å². The second kappa shape index (κ2) is 4.50. The molecule has 0 aliphatic carbocycles. The first-order valence-corrected chi connectivity index (χ1v) is 4.34. The van der Waals surface area contributed by atoms with Crippen molar-refractivity contribution in [3.63, 3.8) is 0 Å². The highest BCUT2D eigenvalue weighted by molar-refractivity contribution is 7.17. The van der Waals surface area contributed by atoms with Crippen molar-refractivity contribution in [3.05, 3.63) is 26.6 Å². The Bertz CT molecular complexity index is 426. The van der Waals surface area contributed by atoms with Crippen LogP contribution in [-0.2, 0) is 0 Å². The van der Waals surface area contributed by atoms with Gasteiger partial charge in [-0.05, 0) is 6.07 Å². The number of aliphatic hydroxyl groups is 1. The highest BCUT2D eigenvalue weighted by Gasteiger charge is 2.17. The molecule has 0 unspecified atom stereocenters. The molecule has 0 spiro atoms. The Labute approximate surface area is 83.1 Å². The minimum atomic E-state index is -0.598. The van der Waals surface area contributed by atoms with Gasteiger partial charge >= 0.3 is 5.00 Å². The smallest absolute Gasteiger partial charge is 0.340 e. The fourth-order valence-corrected chi connectivity index (χ4v) is 1.56. The summed E-state index contributed by atoms with van der Waals surface area (Å²) in [7, 11) is 0. The van der Waals surface area contributed by atoms with Gasteiger partial charge in [0.05, 0.1) is 9.80 Å². The van der Waals surface area contributed by atoms with Crippen LogP contribution in [0.1, 0.15) is 15.2 Å². The van der Waals surface area contributed by atoms with Crippen LogP contribution < -0.4 is 0 Å². The number of rotatable bonds is 2. The standard InChI is InChI=1S/C8H5NO4S/c10-3-1-2-6-4-7(5-11)14-8(6)9(12)13/h4-5,10H,3H2. The van der Waals surface area contributed by atoms with Crippen LogP contribution in [0.2, 0.25) is 0 Å². The van der Waals surface area contributed by atoms with Crippen LogP contribution in [0.25, 0.3) is 0 Å². The van der Waals surface area contributed by atoms with Gasteiger partial charge in [-0.2, -0.15) is 0 Å². The minimum Gasteiger partial charge on any atom is -0.384 e. The maximum Gasteiger partial charge on any atom is 0.340 e. The lowest BCUT2D eigenvalue weighted by molar-refractivity contribution is -0.380. The molecule has 1 rings (SSSR count). The molecule has 0 aliphatic rings. The van der Waals surface area contributed by atoms with E-state index in [1.54, 1.807) is 0 Å². The van der Waals surface area contributed by atoms with E-state index in [4.69, 9.17) is 5.11 Å². The van der Waals surface area contributed by atoms with Crippen molar-refractivity contribution in [2.45, 2.75) is 0 Å². The first-order chi connectivity index (χ1) is 6.69. The topological polar surface area (TPSA) is 80.4 Å². The van der Waals surface area contributed by atoms with Gasteiger partial charge in [-0.3, -0.25) is 14.9 Å². The minimum absolute atomic E-state index is 0.163. The third-order valence-electron chi connectivity index (χ3n) is 1.32. The van der Waals surface area contributed by atoms with Gasteiger partial charge < -0.3 is 5.11 Å². The summed E-state index contributed by atoms with van der Waals surface area (Å²) >= 11 is 0.767. The maximum absolute atomic E-state index is 10.5. The molecule has 5 nitrogen and oxygen atoms in total. The molecule has 0 bridgehead atoms. The fraction of sp³-hybridized carbons (Fsp3) is 0.125. The SMILES string of the molecule is O=Cc1cc(C#CCO)c([N+](=O)[O-])s1. The lowest BCUT2D eigenvalue weighted by atomic mass is 10.3. The van der Waals surface area contributed by atoms with Gasteiger partial charge in [0.2, 0.25) is 0 Å². The van der Waals surface area contributed by atoms with E-state index in [0.29, 0.717) is 6.29 Å². The molecule has 1 aromatic heterocycles. The molecule has 1 heterocycles. The summed E-state index contributed by atoms with van der Waals surface area (Å²) in [6.07, 6.45) is 0.530. The molecular formula is C8H5NO4S. The highest BCUT2D eigenvalue weighted by Crippen LogP contribution is 2.28. The number of nitrogens with zero attached hydrogens (tertiary/aromatic N) is 1. The van der Waals surface area contributed by atoms with Crippen LogP contribution in [0.3, 0.4) is 0 Å². The van der Waals surface area contributed by atoms with E-state index < -0.39 is 4.92 Å². The second-order valence-electron chi connectivity index (χ2n) is 2.20. The van der Waals surface area contributed by atoms with Gasteiger partial charge in [0, 0.05) is 0 Å². The monoisotopic (exact) mass is 211 g/mol. The Morgan fingerprint density at radius 2 is 2.43 bits per heavy atom. The molecule has 72 valence electrons. The number of aliphatic hydroxyl groups excluding tert-OH is 1. The summed E-state index contributed by atoms with van der Waals surface area (Å²) in [4.78, 5) is 20.5. The van der Waals surface area contributed by atoms with Crippen molar-refractivity contribution in [1.29, 1.82) is 0 Å². The van der Waals surface area contributed by atoms with Crippen LogP contribution in [0.5, 0.6) is 0 Å². The van der Waals surface area contributed by atoms with E-state index >= 15 is 0 Å². The molecule has 1 aromatic rings. The van der Waals surface area contributed by atoms with Gasteiger partial charge in [-0.15, -0.1) is 0 Å². The zero-order chi connectivity index (χ0) is 10.6. The first-order valence-electron chi connectivity index (χ1n) is 3.52. The average Bonchev–Trinajstić information content (AvgIpc) is 2.58. The van der Waals surface area contributed by atoms with Gasteiger partial charge in [-0.1, -0.05) is 23.2 Å².